The first kappa shape index (κ1) is 17.2. The molecule has 1 heterocycles. The van der Waals surface area contributed by atoms with E-state index in [0.717, 1.165) is 51.9 Å². The first-order valence-corrected chi connectivity index (χ1v) is 9.85. The van der Waals surface area contributed by atoms with Gasteiger partial charge in [-0.15, -0.1) is 0 Å². The molecule has 3 rings (SSSR count). The van der Waals surface area contributed by atoms with Gasteiger partial charge in [-0.3, -0.25) is 4.79 Å². The van der Waals surface area contributed by atoms with Crippen molar-refractivity contribution in [1.82, 2.24) is 10.2 Å². The number of rotatable bonds is 6. The molecule has 0 bridgehead atoms. The Balaban J connectivity index is 1.73. The summed E-state index contributed by atoms with van der Waals surface area (Å²) in [6, 6.07) is 0.434. The number of hydrogen-bond acceptors (Lipinski definition) is 3. The quantitative estimate of drug-likeness (QED) is 0.817. The lowest BCUT2D eigenvalue weighted by molar-refractivity contribution is -0.179. The summed E-state index contributed by atoms with van der Waals surface area (Å²) < 4.78 is 6.05. The number of ether oxygens (including phenoxy) is 1. The summed E-state index contributed by atoms with van der Waals surface area (Å²) in [5.41, 5.74) is 0.272. The van der Waals surface area contributed by atoms with Crippen LogP contribution in [-0.4, -0.2) is 49.2 Å². The van der Waals surface area contributed by atoms with E-state index in [1.165, 1.54) is 25.7 Å². The van der Waals surface area contributed by atoms with Gasteiger partial charge < -0.3 is 15.0 Å². The summed E-state index contributed by atoms with van der Waals surface area (Å²) >= 11 is 0. The van der Waals surface area contributed by atoms with Crippen molar-refractivity contribution >= 4 is 5.91 Å². The summed E-state index contributed by atoms with van der Waals surface area (Å²) in [6.45, 7) is 8.01. The molecule has 1 saturated heterocycles. The van der Waals surface area contributed by atoms with Crippen LogP contribution in [0.1, 0.15) is 65.2 Å². The molecule has 2 saturated carbocycles. The van der Waals surface area contributed by atoms with Gasteiger partial charge in [0, 0.05) is 30.5 Å². The highest BCUT2D eigenvalue weighted by Crippen LogP contribution is 2.57. The Morgan fingerprint density at radius 1 is 1.22 bits per heavy atom. The molecule has 1 N–H and O–H groups in total. The van der Waals surface area contributed by atoms with Crippen LogP contribution >= 0.6 is 0 Å². The summed E-state index contributed by atoms with van der Waals surface area (Å²) in [6.07, 6.45) is 9.64. The van der Waals surface area contributed by atoms with E-state index in [9.17, 15) is 4.79 Å². The van der Waals surface area contributed by atoms with Gasteiger partial charge in [-0.25, -0.2) is 0 Å². The zero-order chi connectivity index (χ0) is 16.3. The molecule has 3 aliphatic rings. The molecule has 4 nitrogen and oxygen atoms in total. The zero-order valence-corrected chi connectivity index (χ0v) is 15.0. The molecular weight excluding hydrogens is 288 g/mol. The Labute approximate surface area is 141 Å². The van der Waals surface area contributed by atoms with E-state index >= 15 is 0 Å². The van der Waals surface area contributed by atoms with Crippen molar-refractivity contribution in [2.45, 2.75) is 77.4 Å². The second-order valence-corrected chi connectivity index (χ2v) is 7.69. The van der Waals surface area contributed by atoms with Gasteiger partial charge >= 0.3 is 0 Å². The monoisotopic (exact) mass is 322 g/mol. The van der Waals surface area contributed by atoms with Gasteiger partial charge in [0.2, 0.25) is 5.91 Å². The molecular formula is C19H34N2O2. The van der Waals surface area contributed by atoms with Crippen molar-refractivity contribution in [3.63, 3.8) is 0 Å². The number of carbonyl (C=O) groups is 1. The molecule has 2 aliphatic carbocycles. The van der Waals surface area contributed by atoms with E-state index in [1.54, 1.807) is 0 Å². The van der Waals surface area contributed by atoms with E-state index in [1.807, 2.05) is 0 Å². The van der Waals surface area contributed by atoms with Crippen molar-refractivity contribution < 1.29 is 9.53 Å². The third kappa shape index (κ3) is 3.17. The lowest BCUT2D eigenvalue weighted by Gasteiger charge is -2.58. The average Bonchev–Trinajstić information content (AvgIpc) is 3.10. The molecule has 4 heteroatoms. The highest BCUT2D eigenvalue weighted by atomic mass is 16.5. The lowest BCUT2D eigenvalue weighted by Crippen LogP contribution is -2.65. The Hall–Kier alpha value is -0.610. The van der Waals surface area contributed by atoms with Gasteiger partial charge in [-0.05, 0) is 58.5 Å². The topological polar surface area (TPSA) is 41.6 Å². The number of nitrogens with zero attached hydrogens (tertiary/aromatic N) is 1. The first-order chi connectivity index (χ1) is 11.2. The van der Waals surface area contributed by atoms with E-state index in [0.29, 0.717) is 18.1 Å². The van der Waals surface area contributed by atoms with Crippen molar-refractivity contribution in [3.8, 4) is 0 Å². The normalized spacial score (nSPS) is 30.3. The highest BCUT2D eigenvalue weighted by Gasteiger charge is 2.59. The lowest BCUT2D eigenvalue weighted by atomic mass is 9.59. The third-order valence-electron chi connectivity index (χ3n) is 6.46. The minimum Gasteiger partial charge on any atom is -0.378 e. The molecule has 3 fully saturated rings. The van der Waals surface area contributed by atoms with E-state index < -0.39 is 0 Å². The zero-order valence-electron chi connectivity index (χ0n) is 15.0. The van der Waals surface area contributed by atoms with Crippen LogP contribution in [0, 0.1) is 11.3 Å². The minimum atomic E-state index is 0.243. The van der Waals surface area contributed by atoms with Gasteiger partial charge in [-0.1, -0.05) is 19.8 Å². The number of piperidine rings is 1. The maximum atomic E-state index is 13.2. The predicted octanol–water partition coefficient (Wildman–Crippen LogP) is 2.96. The van der Waals surface area contributed by atoms with Gasteiger partial charge in [-0.2, -0.15) is 0 Å². The fourth-order valence-corrected chi connectivity index (χ4v) is 5.25. The molecule has 0 radical (unpaired) electrons. The Morgan fingerprint density at radius 3 is 2.52 bits per heavy atom. The second-order valence-electron chi connectivity index (χ2n) is 7.69. The Morgan fingerprint density at radius 2 is 1.91 bits per heavy atom. The molecule has 2 unspecified atom stereocenters. The van der Waals surface area contributed by atoms with Crippen LogP contribution in [0.2, 0.25) is 0 Å². The fourth-order valence-electron chi connectivity index (χ4n) is 5.25. The van der Waals surface area contributed by atoms with Crippen molar-refractivity contribution in [2.75, 3.05) is 26.2 Å². The number of carbonyl (C=O) groups excluding carboxylic acids is 1. The summed E-state index contributed by atoms with van der Waals surface area (Å²) in [4.78, 5) is 15.5. The third-order valence-corrected chi connectivity index (χ3v) is 6.46. The van der Waals surface area contributed by atoms with Crippen LogP contribution in [-0.2, 0) is 9.53 Å². The summed E-state index contributed by atoms with van der Waals surface area (Å²) in [5.74, 6) is 0.673. The summed E-state index contributed by atoms with van der Waals surface area (Å²) in [7, 11) is 0. The SMILES string of the molecule is CCCN(C(=O)C1CCNCC1)C1CC(OCC)C12CCCC2. The first-order valence-electron chi connectivity index (χ1n) is 9.85. The molecule has 23 heavy (non-hydrogen) atoms. The predicted molar refractivity (Wildman–Crippen MR) is 92.3 cm³/mol. The van der Waals surface area contributed by atoms with Crippen LogP contribution in [0.15, 0.2) is 0 Å². The fraction of sp³-hybridized carbons (Fsp3) is 0.947. The van der Waals surface area contributed by atoms with Crippen molar-refractivity contribution in [3.05, 3.63) is 0 Å². The van der Waals surface area contributed by atoms with Crippen LogP contribution in [0.4, 0.5) is 0 Å². The van der Waals surface area contributed by atoms with Gasteiger partial charge in [0.05, 0.1) is 6.10 Å². The van der Waals surface area contributed by atoms with Crippen LogP contribution < -0.4 is 5.32 Å². The highest BCUT2D eigenvalue weighted by molar-refractivity contribution is 5.79. The van der Waals surface area contributed by atoms with E-state index in [-0.39, 0.29) is 11.3 Å². The maximum absolute atomic E-state index is 13.2. The van der Waals surface area contributed by atoms with Crippen LogP contribution in [0.25, 0.3) is 0 Å². The van der Waals surface area contributed by atoms with Gasteiger partial charge in [0.25, 0.3) is 0 Å². The molecule has 0 aromatic rings. The van der Waals surface area contributed by atoms with Gasteiger partial charge in [0.1, 0.15) is 0 Å². The Kier molecular flexibility index (Phi) is 5.63. The van der Waals surface area contributed by atoms with Crippen LogP contribution in [0.3, 0.4) is 0 Å². The Bertz CT molecular complexity index is 400. The molecule has 0 aromatic carbocycles. The van der Waals surface area contributed by atoms with Crippen LogP contribution in [0.5, 0.6) is 0 Å². The van der Waals surface area contributed by atoms with Crippen molar-refractivity contribution in [2.24, 2.45) is 11.3 Å². The standard InChI is InChI=1S/C19H34N2O2/c1-3-13-21(18(22)15-7-11-20-12-8-15)16-14-17(23-4-2)19(16)9-5-6-10-19/h15-17,20H,3-14H2,1-2H3. The molecule has 2 atom stereocenters. The number of hydrogen-bond donors (Lipinski definition) is 1. The largest absolute Gasteiger partial charge is 0.378 e. The smallest absolute Gasteiger partial charge is 0.226 e. The molecule has 132 valence electrons. The summed E-state index contributed by atoms with van der Waals surface area (Å²) in [5, 5.41) is 3.38. The van der Waals surface area contributed by atoms with E-state index in [2.05, 4.69) is 24.1 Å². The second kappa shape index (κ2) is 7.52. The number of amides is 1. The molecule has 1 spiro atoms. The van der Waals surface area contributed by atoms with Gasteiger partial charge in [0.15, 0.2) is 0 Å². The molecule has 0 aromatic heterocycles. The molecule has 1 aliphatic heterocycles. The minimum absolute atomic E-state index is 0.243. The van der Waals surface area contributed by atoms with Crippen molar-refractivity contribution in [1.29, 1.82) is 0 Å². The van der Waals surface area contributed by atoms with E-state index in [4.69, 9.17) is 4.74 Å². The average molecular weight is 322 g/mol. The molecule has 1 amide bonds. The maximum Gasteiger partial charge on any atom is 0.226 e. The number of nitrogens with one attached hydrogen (secondary N) is 1.